The first-order valence-corrected chi connectivity index (χ1v) is 5.70. The average molecular weight is 227 g/mol. The lowest BCUT2D eigenvalue weighted by Gasteiger charge is -2.16. The maximum atomic E-state index is 5.78. The molecule has 0 saturated carbocycles. The number of hydrogen-bond acceptors (Lipinski definition) is 3. The highest BCUT2D eigenvalue weighted by Gasteiger charge is 2.05. The molecule has 17 heavy (non-hydrogen) atoms. The van der Waals surface area contributed by atoms with Crippen molar-refractivity contribution in [3.63, 3.8) is 0 Å². The molecule has 0 bridgehead atoms. The molecule has 1 heterocycles. The normalized spacial score (nSPS) is 12.1. The third-order valence-electron chi connectivity index (χ3n) is 2.69. The van der Waals surface area contributed by atoms with Crippen LogP contribution in [0, 0.1) is 6.92 Å². The van der Waals surface area contributed by atoms with Crippen molar-refractivity contribution >= 4 is 11.4 Å². The predicted molar refractivity (Wildman–Crippen MR) is 71.9 cm³/mol. The van der Waals surface area contributed by atoms with Crippen LogP contribution < -0.4 is 11.1 Å². The van der Waals surface area contributed by atoms with E-state index < -0.39 is 0 Å². The van der Waals surface area contributed by atoms with Crippen molar-refractivity contribution in [3.05, 3.63) is 53.9 Å². The second kappa shape index (κ2) is 4.87. The van der Waals surface area contributed by atoms with Gasteiger partial charge in [0, 0.05) is 29.3 Å². The molecule has 2 rings (SSSR count). The number of hydrogen-bond donors (Lipinski definition) is 2. The van der Waals surface area contributed by atoms with E-state index in [0.717, 1.165) is 17.1 Å². The van der Waals surface area contributed by atoms with Gasteiger partial charge in [0.2, 0.25) is 0 Å². The SMILES string of the molecule is Cc1cc(NC(C)c2cccc(N)c2)ccn1. The summed E-state index contributed by atoms with van der Waals surface area (Å²) in [6.07, 6.45) is 1.81. The molecule has 3 N–H and O–H groups in total. The van der Waals surface area contributed by atoms with Gasteiger partial charge in [-0.1, -0.05) is 12.1 Å². The van der Waals surface area contributed by atoms with Crippen LogP contribution in [0.2, 0.25) is 0 Å². The lowest BCUT2D eigenvalue weighted by Crippen LogP contribution is -2.07. The first kappa shape index (κ1) is 11.5. The maximum absolute atomic E-state index is 5.78. The largest absolute Gasteiger partial charge is 0.399 e. The molecule has 0 aliphatic rings. The summed E-state index contributed by atoms with van der Waals surface area (Å²) < 4.78 is 0. The van der Waals surface area contributed by atoms with E-state index in [1.165, 1.54) is 5.56 Å². The molecule has 1 aromatic carbocycles. The Bertz CT molecular complexity index is 508. The summed E-state index contributed by atoms with van der Waals surface area (Å²) >= 11 is 0. The molecule has 0 spiro atoms. The van der Waals surface area contributed by atoms with Crippen LogP contribution in [0.25, 0.3) is 0 Å². The van der Waals surface area contributed by atoms with Gasteiger partial charge in [-0.05, 0) is 43.7 Å². The van der Waals surface area contributed by atoms with Gasteiger partial charge in [0.1, 0.15) is 0 Å². The molecule has 1 unspecified atom stereocenters. The molecule has 0 fully saturated rings. The molecule has 1 atom stereocenters. The van der Waals surface area contributed by atoms with Gasteiger partial charge in [-0.15, -0.1) is 0 Å². The van der Waals surface area contributed by atoms with Gasteiger partial charge >= 0.3 is 0 Å². The number of nitrogens with two attached hydrogens (primary N) is 1. The first-order valence-electron chi connectivity index (χ1n) is 5.70. The Kier molecular flexibility index (Phi) is 3.28. The highest BCUT2D eigenvalue weighted by atomic mass is 14.9. The lowest BCUT2D eigenvalue weighted by atomic mass is 10.1. The number of nitrogen functional groups attached to an aromatic ring is 1. The van der Waals surface area contributed by atoms with Crippen LogP contribution in [-0.2, 0) is 0 Å². The Morgan fingerprint density at radius 1 is 1.24 bits per heavy atom. The van der Waals surface area contributed by atoms with Gasteiger partial charge in [-0.2, -0.15) is 0 Å². The fourth-order valence-electron chi connectivity index (χ4n) is 1.80. The van der Waals surface area contributed by atoms with Crippen LogP contribution >= 0.6 is 0 Å². The second-order valence-corrected chi connectivity index (χ2v) is 4.22. The fraction of sp³-hybridized carbons (Fsp3) is 0.214. The highest BCUT2D eigenvalue weighted by molar-refractivity contribution is 5.48. The van der Waals surface area contributed by atoms with Gasteiger partial charge in [-0.3, -0.25) is 4.98 Å². The maximum Gasteiger partial charge on any atom is 0.0486 e. The van der Waals surface area contributed by atoms with Gasteiger partial charge in [0.15, 0.2) is 0 Å². The molecular weight excluding hydrogens is 210 g/mol. The van der Waals surface area contributed by atoms with E-state index >= 15 is 0 Å². The Morgan fingerprint density at radius 2 is 2.06 bits per heavy atom. The van der Waals surface area contributed by atoms with Crippen molar-refractivity contribution in [1.82, 2.24) is 4.98 Å². The number of aryl methyl sites for hydroxylation is 1. The number of pyridine rings is 1. The Morgan fingerprint density at radius 3 is 2.76 bits per heavy atom. The molecular formula is C14H17N3. The van der Waals surface area contributed by atoms with Gasteiger partial charge < -0.3 is 11.1 Å². The molecule has 0 saturated heterocycles. The van der Waals surface area contributed by atoms with Crippen molar-refractivity contribution in [3.8, 4) is 0 Å². The summed E-state index contributed by atoms with van der Waals surface area (Å²) in [5.74, 6) is 0. The standard InChI is InChI=1S/C14H17N3/c1-10-8-14(6-7-16-10)17-11(2)12-4-3-5-13(15)9-12/h3-9,11H,15H2,1-2H3,(H,16,17). The number of anilines is 2. The molecule has 3 nitrogen and oxygen atoms in total. The lowest BCUT2D eigenvalue weighted by molar-refractivity contribution is 0.884. The molecule has 0 aliphatic carbocycles. The molecule has 1 aromatic heterocycles. The van der Waals surface area contributed by atoms with E-state index in [4.69, 9.17) is 5.73 Å². The van der Waals surface area contributed by atoms with Crippen molar-refractivity contribution < 1.29 is 0 Å². The zero-order valence-corrected chi connectivity index (χ0v) is 10.1. The molecule has 0 radical (unpaired) electrons. The Balaban J connectivity index is 2.14. The monoisotopic (exact) mass is 227 g/mol. The predicted octanol–water partition coefficient (Wildman–Crippen LogP) is 3.15. The van der Waals surface area contributed by atoms with E-state index in [1.807, 2.05) is 43.5 Å². The number of benzene rings is 1. The number of nitrogens with one attached hydrogen (secondary N) is 1. The van der Waals surface area contributed by atoms with Gasteiger partial charge in [0.05, 0.1) is 0 Å². The third kappa shape index (κ3) is 2.97. The van der Waals surface area contributed by atoms with Crippen LogP contribution in [0.5, 0.6) is 0 Å². The van der Waals surface area contributed by atoms with E-state index in [0.29, 0.717) is 0 Å². The van der Waals surface area contributed by atoms with Gasteiger partial charge in [-0.25, -0.2) is 0 Å². The summed E-state index contributed by atoms with van der Waals surface area (Å²) in [7, 11) is 0. The summed E-state index contributed by atoms with van der Waals surface area (Å²) in [5, 5.41) is 3.43. The van der Waals surface area contributed by atoms with Crippen molar-refractivity contribution in [2.75, 3.05) is 11.1 Å². The molecule has 0 amide bonds. The van der Waals surface area contributed by atoms with E-state index in [9.17, 15) is 0 Å². The van der Waals surface area contributed by atoms with Crippen LogP contribution in [0.4, 0.5) is 11.4 Å². The highest BCUT2D eigenvalue weighted by Crippen LogP contribution is 2.20. The minimum absolute atomic E-state index is 0.222. The topological polar surface area (TPSA) is 50.9 Å². The minimum Gasteiger partial charge on any atom is -0.399 e. The average Bonchev–Trinajstić information content (AvgIpc) is 2.29. The number of rotatable bonds is 3. The minimum atomic E-state index is 0.222. The number of nitrogens with zero attached hydrogens (tertiary/aromatic N) is 1. The van der Waals surface area contributed by atoms with E-state index in [2.05, 4.69) is 23.3 Å². The van der Waals surface area contributed by atoms with Crippen molar-refractivity contribution in [1.29, 1.82) is 0 Å². The third-order valence-corrected chi connectivity index (χ3v) is 2.69. The quantitative estimate of drug-likeness (QED) is 0.792. The van der Waals surface area contributed by atoms with Crippen LogP contribution in [0.3, 0.4) is 0 Å². The Hall–Kier alpha value is -2.03. The zero-order valence-electron chi connectivity index (χ0n) is 10.1. The zero-order chi connectivity index (χ0) is 12.3. The summed E-state index contributed by atoms with van der Waals surface area (Å²) in [6.45, 7) is 4.10. The first-order chi connectivity index (χ1) is 8.15. The fourth-order valence-corrected chi connectivity index (χ4v) is 1.80. The van der Waals surface area contributed by atoms with Gasteiger partial charge in [0.25, 0.3) is 0 Å². The molecule has 88 valence electrons. The molecule has 3 heteroatoms. The Labute approximate surface area is 102 Å². The smallest absolute Gasteiger partial charge is 0.0486 e. The van der Waals surface area contributed by atoms with E-state index in [-0.39, 0.29) is 6.04 Å². The molecule has 2 aromatic rings. The van der Waals surface area contributed by atoms with Crippen LogP contribution in [0.15, 0.2) is 42.6 Å². The summed E-state index contributed by atoms with van der Waals surface area (Å²) in [5.41, 5.74) is 9.84. The summed E-state index contributed by atoms with van der Waals surface area (Å²) in [6, 6.07) is 12.2. The van der Waals surface area contributed by atoms with Crippen molar-refractivity contribution in [2.45, 2.75) is 19.9 Å². The summed E-state index contributed by atoms with van der Waals surface area (Å²) in [4.78, 5) is 4.17. The van der Waals surface area contributed by atoms with E-state index in [1.54, 1.807) is 0 Å². The van der Waals surface area contributed by atoms with Crippen LogP contribution in [-0.4, -0.2) is 4.98 Å². The van der Waals surface area contributed by atoms with Crippen LogP contribution in [0.1, 0.15) is 24.2 Å². The molecule has 0 aliphatic heterocycles. The van der Waals surface area contributed by atoms with Crippen molar-refractivity contribution in [2.24, 2.45) is 0 Å². The second-order valence-electron chi connectivity index (χ2n) is 4.22. The number of aromatic nitrogens is 1.